The molecule has 0 unspecified atom stereocenters. The molecule has 0 fully saturated rings. The van der Waals surface area contributed by atoms with E-state index in [9.17, 15) is 9.18 Å². The molecule has 126 valence electrons. The van der Waals surface area contributed by atoms with E-state index in [1.54, 1.807) is 16.8 Å². The van der Waals surface area contributed by atoms with Crippen molar-refractivity contribution in [3.8, 4) is 5.69 Å². The van der Waals surface area contributed by atoms with Crippen molar-refractivity contribution in [2.24, 2.45) is 0 Å². The van der Waals surface area contributed by atoms with Crippen molar-refractivity contribution < 1.29 is 9.18 Å². The van der Waals surface area contributed by atoms with Crippen LogP contribution in [0.2, 0.25) is 0 Å². The predicted molar refractivity (Wildman–Crippen MR) is 90.9 cm³/mol. The van der Waals surface area contributed by atoms with Gasteiger partial charge in [0, 0.05) is 24.3 Å². The molecule has 0 bridgehead atoms. The molecule has 2 N–H and O–H groups in total. The Balaban J connectivity index is 1.73. The Hall–Kier alpha value is -2.47. The van der Waals surface area contributed by atoms with Crippen molar-refractivity contribution in [3.05, 3.63) is 58.7 Å². The average molecular weight is 328 g/mol. The first-order chi connectivity index (χ1) is 11.5. The molecule has 1 aliphatic rings. The van der Waals surface area contributed by atoms with E-state index in [-0.39, 0.29) is 5.91 Å². The third-order valence-corrected chi connectivity index (χ3v) is 4.08. The second-order valence-corrected chi connectivity index (χ2v) is 6.00. The lowest BCUT2D eigenvalue weighted by atomic mass is 10.1. The van der Waals surface area contributed by atoms with Crippen LogP contribution in [0.4, 0.5) is 4.39 Å². The maximum atomic E-state index is 14.4. The number of carbonyl (C=O) groups is 1. The fraction of sp³-hybridized carbons (Fsp3) is 0.333. The van der Waals surface area contributed by atoms with E-state index >= 15 is 0 Å². The van der Waals surface area contributed by atoms with Gasteiger partial charge in [-0.1, -0.05) is 11.6 Å². The van der Waals surface area contributed by atoms with Gasteiger partial charge in [-0.25, -0.2) is 9.07 Å². The van der Waals surface area contributed by atoms with E-state index < -0.39 is 5.82 Å². The van der Waals surface area contributed by atoms with E-state index in [1.165, 1.54) is 11.6 Å². The van der Waals surface area contributed by atoms with Crippen LogP contribution in [-0.2, 0) is 0 Å². The van der Waals surface area contributed by atoms with Gasteiger partial charge in [-0.05, 0) is 51.1 Å². The minimum Gasteiger partial charge on any atom is -0.348 e. The minimum absolute atomic E-state index is 0.270. The molecule has 1 amide bonds. The number of carbonyl (C=O) groups excluding carboxylic acids is 1. The molecule has 24 heavy (non-hydrogen) atoms. The van der Waals surface area contributed by atoms with Gasteiger partial charge in [0.15, 0.2) is 0 Å². The Kier molecular flexibility index (Phi) is 4.76. The second-order valence-electron chi connectivity index (χ2n) is 6.00. The summed E-state index contributed by atoms with van der Waals surface area (Å²) >= 11 is 0. The highest BCUT2D eigenvalue weighted by Crippen LogP contribution is 2.17. The summed E-state index contributed by atoms with van der Waals surface area (Å²) in [6, 6.07) is 6.36. The van der Waals surface area contributed by atoms with Crippen molar-refractivity contribution in [2.75, 3.05) is 19.6 Å². The van der Waals surface area contributed by atoms with Crippen LogP contribution in [0.25, 0.3) is 5.69 Å². The standard InChI is InChI=1S/C18H21FN4O/c1-12-9-13(2)23(22-12)17-4-3-15(10-16(17)19)18(24)21-11-14-5-7-20-8-6-14/h3-5,9-10,20H,6-8,11H2,1-2H3,(H,21,24). The van der Waals surface area contributed by atoms with Crippen molar-refractivity contribution in [1.29, 1.82) is 0 Å². The molecule has 1 aromatic heterocycles. The van der Waals surface area contributed by atoms with E-state index in [2.05, 4.69) is 21.8 Å². The van der Waals surface area contributed by atoms with Crippen LogP contribution in [-0.4, -0.2) is 35.3 Å². The number of amides is 1. The minimum atomic E-state index is -0.463. The van der Waals surface area contributed by atoms with Crippen LogP contribution >= 0.6 is 0 Å². The van der Waals surface area contributed by atoms with Crippen LogP contribution in [0, 0.1) is 19.7 Å². The molecule has 0 radical (unpaired) electrons. The molecular weight excluding hydrogens is 307 g/mol. The summed E-state index contributed by atoms with van der Waals surface area (Å²) in [5.74, 6) is -0.733. The number of halogens is 1. The first kappa shape index (κ1) is 16.4. The maximum absolute atomic E-state index is 14.4. The normalized spacial score (nSPS) is 14.4. The average Bonchev–Trinajstić information content (AvgIpc) is 2.91. The summed E-state index contributed by atoms with van der Waals surface area (Å²) in [6.07, 6.45) is 3.00. The first-order valence-electron chi connectivity index (χ1n) is 8.04. The molecule has 0 atom stereocenters. The lowest BCUT2D eigenvalue weighted by molar-refractivity contribution is 0.0956. The van der Waals surface area contributed by atoms with Gasteiger partial charge in [-0.3, -0.25) is 4.79 Å². The number of aryl methyl sites for hydroxylation is 2. The zero-order valence-electron chi connectivity index (χ0n) is 13.9. The van der Waals surface area contributed by atoms with Crippen LogP contribution in [0.15, 0.2) is 35.9 Å². The number of aromatic nitrogens is 2. The molecule has 5 nitrogen and oxygen atoms in total. The Labute approximate surface area is 140 Å². The Morgan fingerprint density at radius 1 is 1.38 bits per heavy atom. The van der Waals surface area contributed by atoms with Gasteiger partial charge in [0.05, 0.1) is 5.69 Å². The number of nitrogens with one attached hydrogen (secondary N) is 2. The van der Waals surface area contributed by atoms with Crippen LogP contribution < -0.4 is 10.6 Å². The van der Waals surface area contributed by atoms with Gasteiger partial charge in [0.2, 0.25) is 0 Å². The molecule has 0 saturated heterocycles. The SMILES string of the molecule is Cc1cc(C)n(-c2ccc(C(=O)NCC3=CCNCC3)cc2F)n1. The summed E-state index contributed by atoms with van der Waals surface area (Å²) in [7, 11) is 0. The van der Waals surface area contributed by atoms with Crippen molar-refractivity contribution in [3.63, 3.8) is 0 Å². The Morgan fingerprint density at radius 3 is 2.83 bits per heavy atom. The molecule has 3 rings (SSSR count). The fourth-order valence-corrected chi connectivity index (χ4v) is 2.82. The van der Waals surface area contributed by atoms with E-state index in [4.69, 9.17) is 0 Å². The zero-order chi connectivity index (χ0) is 17.1. The predicted octanol–water partition coefficient (Wildman–Crippen LogP) is 2.28. The molecule has 0 spiro atoms. The Bertz CT molecular complexity index is 794. The highest BCUT2D eigenvalue weighted by molar-refractivity contribution is 5.94. The lowest BCUT2D eigenvalue weighted by Crippen LogP contribution is -2.29. The van der Waals surface area contributed by atoms with Crippen LogP contribution in [0.5, 0.6) is 0 Å². The largest absolute Gasteiger partial charge is 0.348 e. The quantitative estimate of drug-likeness (QED) is 0.847. The van der Waals surface area contributed by atoms with Crippen LogP contribution in [0.3, 0.4) is 0 Å². The second kappa shape index (κ2) is 6.97. The summed E-state index contributed by atoms with van der Waals surface area (Å²) in [5.41, 5.74) is 3.53. The van der Waals surface area contributed by atoms with Gasteiger partial charge in [0.1, 0.15) is 11.5 Å². The van der Waals surface area contributed by atoms with Gasteiger partial charge in [-0.2, -0.15) is 5.10 Å². The number of hydrogen-bond donors (Lipinski definition) is 2. The number of benzene rings is 1. The first-order valence-corrected chi connectivity index (χ1v) is 8.04. The molecule has 1 aliphatic heterocycles. The fourth-order valence-electron chi connectivity index (χ4n) is 2.82. The highest BCUT2D eigenvalue weighted by Gasteiger charge is 2.13. The number of nitrogens with zero attached hydrogens (tertiary/aromatic N) is 2. The van der Waals surface area contributed by atoms with E-state index in [1.807, 2.05) is 19.9 Å². The topological polar surface area (TPSA) is 59.0 Å². The lowest BCUT2D eigenvalue weighted by Gasteiger charge is -2.14. The monoisotopic (exact) mass is 328 g/mol. The third-order valence-electron chi connectivity index (χ3n) is 4.08. The summed E-state index contributed by atoms with van der Waals surface area (Å²) in [6.45, 7) is 5.98. The maximum Gasteiger partial charge on any atom is 0.251 e. The molecule has 2 aromatic rings. The van der Waals surface area contributed by atoms with Crippen molar-refractivity contribution >= 4 is 5.91 Å². The number of rotatable bonds is 4. The van der Waals surface area contributed by atoms with E-state index in [0.29, 0.717) is 17.8 Å². The Morgan fingerprint density at radius 2 is 2.21 bits per heavy atom. The molecule has 0 saturated carbocycles. The van der Waals surface area contributed by atoms with Crippen molar-refractivity contribution in [2.45, 2.75) is 20.3 Å². The third kappa shape index (κ3) is 3.54. The van der Waals surface area contributed by atoms with Crippen molar-refractivity contribution in [1.82, 2.24) is 20.4 Å². The summed E-state index contributed by atoms with van der Waals surface area (Å²) in [4.78, 5) is 12.2. The number of hydrogen-bond acceptors (Lipinski definition) is 3. The smallest absolute Gasteiger partial charge is 0.251 e. The summed E-state index contributed by atoms with van der Waals surface area (Å²) < 4.78 is 16.0. The van der Waals surface area contributed by atoms with Gasteiger partial charge >= 0.3 is 0 Å². The molecule has 1 aromatic carbocycles. The molecule has 6 heteroatoms. The van der Waals surface area contributed by atoms with Gasteiger partial charge in [-0.15, -0.1) is 0 Å². The summed E-state index contributed by atoms with van der Waals surface area (Å²) in [5, 5.41) is 10.3. The van der Waals surface area contributed by atoms with Crippen LogP contribution in [0.1, 0.15) is 28.2 Å². The zero-order valence-corrected chi connectivity index (χ0v) is 13.9. The molecule has 0 aliphatic carbocycles. The highest BCUT2D eigenvalue weighted by atomic mass is 19.1. The van der Waals surface area contributed by atoms with E-state index in [0.717, 1.165) is 30.9 Å². The van der Waals surface area contributed by atoms with Gasteiger partial charge < -0.3 is 10.6 Å². The molecular formula is C18H21FN4O. The van der Waals surface area contributed by atoms with Gasteiger partial charge in [0.25, 0.3) is 5.91 Å². The molecule has 2 heterocycles.